The monoisotopic (exact) mass is 336 g/mol. The van der Waals surface area contributed by atoms with Crippen LogP contribution in [0.1, 0.15) is 41.9 Å². The van der Waals surface area contributed by atoms with Crippen molar-refractivity contribution in [3.63, 3.8) is 0 Å². The lowest BCUT2D eigenvalue weighted by Gasteiger charge is -2.39. The molecule has 2 atom stereocenters. The molecule has 0 bridgehead atoms. The second-order valence-electron chi connectivity index (χ2n) is 6.70. The summed E-state index contributed by atoms with van der Waals surface area (Å²) in [5.41, 5.74) is 0. The summed E-state index contributed by atoms with van der Waals surface area (Å²) >= 11 is 1.87. The Morgan fingerprint density at radius 1 is 1.26 bits per heavy atom. The molecule has 2 heterocycles. The van der Waals surface area contributed by atoms with Crippen LogP contribution >= 0.6 is 11.3 Å². The molecule has 1 aromatic heterocycles. The number of amides is 1. The van der Waals surface area contributed by atoms with Gasteiger partial charge in [-0.25, -0.2) is 0 Å². The topological polar surface area (TPSA) is 41.6 Å². The first kappa shape index (κ1) is 16.9. The number of ether oxygens (including phenoxy) is 1. The average Bonchev–Trinajstić information content (AvgIpc) is 2.96. The highest BCUT2D eigenvalue weighted by Crippen LogP contribution is 2.31. The molecule has 1 aromatic rings. The molecule has 0 unspecified atom stereocenters. The first-order valence-electron chi connectivity index (χ1n) is 8.89. The quantitative estimate of drug-likeness (QED) is 0.903. The van der Waals surface area contributed by atoms with Crippen LogP contribution < -0.4 is 5.32 Å². The molecule has 3 rings (SSSR count). The zero-order valence-corrected chi connectivity index (χ0v) is 14.9. The van der Waals surface area contributed by atoms with E-state index < -0.39 is 0 Å². The number of aryl methyl sites for hydroxylation is 1. The van der Waals surface area contributed by atoms with Crippen molar-refractivity contribution in [2.45, 2.75) is 51.6 Å². The summed E-state index contributed by atoms with van der Waals surface area (Å²) in [5.74, 6) is 0.371. The lowest BCUT2D eigenvalue weighted by atomic mass is 9.82. The number of thiophene rings is 1. The van der Waals surface area contributed by atoms with Gasteiger partial charge in [-0.2, -0.15) is 0 Å². The molecule has 2 fully saturated rings. The van der Waals surface area contributed by atoms with Gasteiger partial charge in [0.05, 0.1) is 12.5 Å². The lowest BCUT2D eigenvalue weighted by Crippen LogP contribution is -2.48. The molecule has 1 aliphatic carbocycles. The van der Waals surface area contributed by atoms with Crippen molar-refractivity contribution >= 4 is 17.2 Å². The molecule has 1 amide bonds. The Hall–Kier alpha value is -0.910. The molecule has 1 saturated carbocycles. The summed E-state index contributed by atoms with van der Waals surface area (Å²) in [7, 11) is 0. The van der Waals surface area contributed by atoms with Gasteiger partial charge in [-0.15, -0.1) is 11.3 Å². The minimum atomic E-state index is 0.142. The Kier molecular flexibility index (Phi) is 6.08. The second kappa shape index (κ2) is 8.27. The number of hydrogen-bond donors (Lipinski definition) is 1. The molecule has 1 saturated heterocycles. The van der Waals surface area contributed by atoms with Gasteiger partial charge in [0.15, 0.2) is 0 Å². The highest BCUT2D eigenvalue weighted by molar-refractivity contribution is 7.11. The first-order chi connectivity index (χ1) is 11.2. The lowest BCUT2D eigenvalue weighted by molar-refractivity contribution is -0.128. The van der Waals surface area contributed by atoms with Crippen molar-refractivity contribution in [2.75, 3.05) is 26.3 Å². The molecule has 0 aromatic carbocycles. The second-order valence-corrected chi connectivity index (χ2v) is 8.07. The summed E-state index contributed by atoms with van der Waals surface area (Å²) in [6.45, 7) is 6.21. The number of nitrogens with one attached hydrogen (secondary N) is 1. The zero-order valence-electron chi connectivity index (χ0n) is 14.1. The van der Waals surface area contributed by atoms with Gasteiger partial charge in [-0.05, 0) is 38.3 Å². The van der Waals surface area contributed by atoms with Crippen molar-refractivity contribution in [2.24, 2.45) is 5.92 Å². The van der Waals surface area contributed by atoms with Crippen LogP contribution in [0, 0.1) is 12.8 Å². The molecular weight excluding hydrogens is 308 g/mol. The molecule has 0 radical (unpaired) electrons. The third kappa shape index (κ3) is 4.55. The fraction of sp³-hybridized carbons (Fsp3) is 0.722. The summed E-state index contributed by atoms with van der Waals surface area (Å²) < 4.78 is 5.63. The number of rotatable bonds is 2. The fourth-order valence-corrected chi connectivity index (χ4v) is 4.75. The van der Waals surface area contributed by atoms with Gasteiger partial charge in [-0.1, -0.05) is 12.8 Å². The van der Waals surface area contributed by atoms with Crippen molar-refractivity contribution in [1.82, 2.24) is 10.2 Å². The third-order valence-corrected chi connectivity index (χ3v) is 5.96. The number of carbonyl (C=O) groups excluding carboxylic acids is 1. The van der Waals surface area contributed by atoms with E-state index in [9.17, 15) is 4.79 Å². The molecule has 128 valence electrons. The number of fused-ring (bicyclic) bond motifs is 1. The Balaban J connectivity index is 1.77. The van der Waals surface area contributed by atoms with E-state index in [4.69, 9.17) is 4.74 Å². The molecule has 0 spiro atoms. The normalized spacial score (nSPS) is 27.8. The Morgan fingerprint density at radius 3 is 2.96 bits per heavy atom. The molecule has 5 heteroatoms. The van der Waals surface area contributed by atoms with E-state index >= 15 is 0 Å². The van der Waals surface area contributed by atoms with Gasteiger partial charge in [-0.3, -0.25) is 9.69 Å². The Morgan fingerprint density at radius 2 is 2.13 bits per heavy atom. The Bertz CT molecular complexity index is 517. The van der Waals surface area contributed by atoms with Crippen LogP contribution in [-0.4, -0.2) is 43.2 Å². The summed E-state index contributed by atoms with van der Waals surface area (Å²) in [4.78, 5) is 17.9. The van der Waals surface area contributed by atoms with Crippen LogP contribution in [-0.2, 0) is 16.1 Å². The summed E-state index contributed by atoms with van der Waals surface area (Å²) in [5, 5.41) is 3.08. The van der Waals surface area contributed by atoms with E-state index in [1.807, 2.05) is 11.3 Å². The largest absolute Gasteiger partial charge is 0.380 e. The highest BCUT2D eigenvalue weighted by Gasteiger charge is 2.34. The zero-order chi connectivity index (χ0) is 16.1. The van der Waals surface area contributed by atoms with Crippen LogP contribution in [0.25, 0.3) is 0 Å². The number of hydrogen-bond acceptors (Lipinski definition) is 4. The predicted octanol–water partition coefficient (Wildman–Crippen LogP) is 2.95. The number of carbonyl (C=O) groups is 1. The maximum absolute atomic E-state index is 12.6. The SMILES string of the molecule is Cc1ccc(CN2CCCOCCNC(=O)[C@@H]3CCCC[C@@H]32)s1. The van der Waals surface area contributed by atoms with Gasteiger partial charge >= 0.3 is 0 Å². The highest BCUT2D eigenvalue weighted by atomic mass is 32.1. The average molecular weight is 337 g/mol. The molecular formula is C18H28N2O2S. The van der Waals surface area contributed by atoms with Crippen LogP contribution in [0.15, 0.2) is 12.1 Å². The minimum Gasteiger partial charge on any atom is -0.380 e. The van der Waals surface area contributed by atoms with Crippen LogP contribution in [0.2, 0.25) is 0 Å². The van der Waals surface area contributed by atoms with E-state index in [-0.39, 0.29) is 11.8 Å². The van der Waals surface area contributed by atoms with Crippen LogP contribution in [0.5, 0.6) is 0 Å². The summed E-state index contributed by atoms with van der Waals surface area (Å²) in [6, 6.07) is 4.81. The minimum absolute atomic E-state index is 0.142. The molecule has 1 aliphatic heterocycles. The van der Waals surface area contributed by atoms with Gasteiger partial charge in [0.2, 0.25) is 5.91 Å². The number of nitrogens with zero attached hydrogens (tertiary/aromatic N) is 1. The van der Waals surface area contributed by atoms with Crippen molar-refractivity contribution in [3.8, 4) is 0 Å². The van der Waals surface area contributed by atoms with Crippen molar-refractivity contribution in [3.05, 3.63) is 21.9 Å². The standard InChI is InChI=1S/C18H28N2O2S/c1-14-7-8-15(23-14)13-20-10-4-11-22-12-9-19-18(21)16-5-2-3-6-17(16)20/h7-8,16-17H,2-6,9-13H2,1H3,(H,19,21)/t16-,17+/m1/s1. The molecule has 23 heavy (non-hydrogen) atoms. The smallest absolute Gasteiger partial charge is 0.224 e. The maximum Gasteiger partial charge on any atom is 0.224 e. The molecule has 2 aliphatic rings. The van der Waals surface area contributed by atoms with E-state index in [1.165, 1.54) is 22.6 Å². The van der Waals surface area contributed by atoms with Gasteiger partial charge in [0.25, 0.3) is 0 Å². The van der Waals surface area contributed by atoms with Crippen molar-refractivity contribution in [1.29, 1.82) is 0 Å². The maximum atomic E-state index is 12.6. The fourth-order valence-electron chi connectivity index (χ4n) is 3.84. The van der Waals surface area contributed by atoms with E-state index in [0.717, 1.165) is 39.0 Å². The van der Waals surface area contributed by atoms with E-state index in [1.54, 1.807) is 0 Å². The molecule has 4 nitrogen and oxygen atoms in total. The van der Waals surface area contributed by atoms with Gasteiger partial charge in [0, 0.05) is 42.0 Å². The first-order valence-corrected chi connectivity index (χ1v) is 9.70. The predicted molar refractivity (Wildman–Crippen MR) is 93.7 cm³/mol. The van der Waals surface area contributed by atoms with E-state index in [2.05, 4.69) is 29.3 Å². The van der Waals surface area contributed by atoms with E-state index in [0.29, 0.717) is 19.2 Å². The third-order valence-electron chi connectivity index (χ3n) is 4.97. The molecule has 1 N–H and O–H groups in total. The van der Waals surface area contributed by atoms with Crippen LogP contribution in [0.3, 0.4) is 0 Å². The Labute approximate surface area is 143 Å². The van der Waals surface area contributed by atoms with Crippen molar-refractivity contribution < 1.29 is 9.53 Å². The van der Waals surface area contributed by atoms with Gasteiger partial charge < -0.3 is 10.1 Å². The van der Waals surface area contributed by atoms with Crippen LogP contribution in [0.4, 0.5) is 0 Å². The summed E-state index contributed by atoms with van der Waals surface area (Å²) in [6.07, 6.45) is 5.63. The van der Waals surface area contributed by atoms with Gasteiger partial charge in [0.1, 0.15) is 0 Å².